The first-order valence-corrected chi connectivity index (χ1v) is 7.84. The zero-order chi connectivity index (χ0) is 12.4. The molecule has 2 aliphatic rings. The van der Waals surface area contributed by atoms with E-state index in [4.69, 9.17) is 4.74 Å². The van der Waals surface area contributed by atoms with Gasteiger partial charge in [0.1, 0.15) is 5.01 Å². The average Bonchev–Trinajstić information content (AvgIpc) is 3.00. The molecule has 5 heteroatoms. The number of aromatic nitrogens is 2. The van der Waals surface area contributed by atoms with Crippen LogP contribution in [0.1, 0.15) is 44.0 Å². The van der Waals surface area contributed by atoms with Gasteiger partial charge in [0, 0.05) is 19.5 Å². The van der Waals surface area contributed by atoms with Crippen LogP contribution in [0.5, 0.6) is 0 Å². The zero-order valence-electron chi connectivity index (χ0n) is 11.0. The van der Waals surface area contributed by atoms with Gasteiger partial charge in [-0.25, -0.2) is 0 Å². The van der Waals surface area contributed by atoms with Crippen LogP contribution in [0.3, 0.4) is 0 Å². The lowest BCUT2D eigenvalue weighted by Crippen LogP contribution is -2.50. The summed E-state index contributed by atoms with van der Waals surface area (Å²) in [5, 5.41) is 10.9. The fraction of sp³-hybridized carbons (Fsp3) is 0.846. The Hall–Kier alpha value is -0.680. The van der Waals surface area contributed by atoms with Gasteiger partial charge in [0.25, 0.3) is 0 Å². The van der Waals surface area contributed by atoms with Crippen molar-refractivity contribution in [3.63, 3.8) is 0 Å². The summed E-state index contributed by atoms with van der Waals surface area (Å²) in [5.41, 5.74) is 0.120. The SMILES string of the molecule is CCCc1nnc(N2CCOC3(CCCC3)C2)s1. The number of morpholine rings is 1. The smallest absolute Gasteiger partial charge is 0.208 e. The van der Waals surface area contributed by atoms with Gasteiger partial charge in [-0.1, -0.05) is 31.1 Å². The molecule has 0 amide bonds. The summed E-state index contributed by atoms with van der Waals surface area (Å²) < 4.78 is 6.05. The van der Waals surface area contributed by atoms with Crippen LogP contribution in [0.2, 0.25) is 0 Å². The molecule has 4 nitrogen and oxygen atoms in total. The van der Waals surface area contributed by atoms with Crippen molar-refractivity contribution in [1.29, 1.82) is 0 Å². The largest absolute Gasteiger partial charge is 0.371 e. The van der Waals surface area contributed by atoms with Crippen molar-refractivity contribution in [2.75, 3.05) is 24.6 Å². The number of aryl methyl sites for hydroxylation is 1. The molecule has 100 valence electrons. The van der Waals surface area contributed by atoms with Crippen LogP contribution in [-0.2, 0) is 11.2 Å². The maximum Gasteiger partial charge on any atom is 0.208 e. The molecule has 1 saturated heterocycles. The van der Waals surface area contributed by atoms with E-state index >= 15 is 0 Å². The number of hydrogen-bond donors (Lipinski definition) is 0. The van der Waals surface area contributed by atoms with Gasteiger partial charge in [-0.3, -0.25) is 0 Å². The highest BCUT2D eigenvalue weighted by molar-refractivity contribution is 7.15. The molecule has 0 aromatic carbocycles. The van der Waals surface area contributed by atoms with E-state index in [-0.39, 0.29) is 5.60 Å². The molecular formula is C13H21N3OS. The van der Waals surface area contributed by atoms with E-state index in [1.54, 1.807) is 11.3 Å². The van der Waals surface area contributed by atoms with Gasteiger partial charge in [0.15, 0.2) is 0 Å². The van der Waals surface area contributed by atoms with Gasteiger partial charge in [-0.2, -0.15) is 0 Å². The minimum atomic E-state index is 0.120. The molecule has 3 rings (SSSR count). The van der Waals surface area contributed by atoms with Crippen LogP contribution in [0.25, 0.3) is 0 Å². The Balaban J connectivity index is 1.71. The lowest BCUT2D eigenvalue weighted by atomic mass is 10.0. The van der Waals surface area contributed by atoms with E-state index in [1.165, 1.54) is 30.7 Å². The van der Waals surface area contributed by atoms with Crippen molar-refractivity contribution in [2.45, 2.75) is 51.0 Å². The summed E-state index contributed by atoms with van der Waals surface area (Å²) in [6.45, 7) is 4.99. The van der Waals surface area contributed by atoms with E-state index < -0.39 is 0 Å². The average molecular weight is 267 g/mol. The maximum absolute atomic E-state index is 6.05. The second kappa shape index (κ2) is 5.13. The third-order valence-corrected chi connectivity index (χ3v) is 5.00. The molecule has 0 N–H and O–H groups in total. The van der Waals surface area contributed by atoms with Gasteiger partial charge in [0.2, 0.25) is 5.13 Å². The quantitative estimate of drug-likeness (QED) is 0.844. The van der Waals surface area contributed by atoms with E-state index in [1.807, 2.05) is 0 Å². The van der Waals surface area contributed by atoms with Crippen molar-refractivity contribution >= 4 is 16.5 Å². The van der Waals surface area contributed by atoms with Crippen molar-refractivity contribution in [2.24, 2.45) is 0 Å². The van der Waals surface area contributed by atoms with E-state index in [0.29, 0.717) is 0 Å². The molecule has 0 unspecified atom stereocenters. The van der Waals surface area contributed by atoms with Crippen LogP contribution < -0.4 is 4.90 Å². The maximum atomic E-state index is 6.05. The van der Waals surface area contributed by atoms with Gasteiger partial charge in [-0.05, 0) is 19.3 Å². The molecule has 18 heavy (non-hydrogen) atoms. The highest BCUT2D eigenvalue weighted by Gasteiger charge is 2.40. The topological polar surface area (TPSA) is 38.2 Å². The Morgan fingerprint density at radius 1 is 1.33 bits per heavy atom. The summed E-state index contributed by atoms with van der Waals surface area (Å²) in [6.07, 6.45) is 7.24. The summed E-state index contributed by atoms with van der Waals surface area (Å²) in [7, 11) is 0. The molecule has 2 fully saturated rings. The molecule has 1 spiro atoms. The third kappa shape index (κ3) is 2.38. The monoisotopic (exact) mass is 267 g/mol. The van der Waals surface area contributed by atoms with Crippen molar-refractivity contribution in [1.82, 2.24) is 10.2 Å². The highest BCUT2D eigenvalue weighted by atomic mass is 32.1. The Kier molecular flexibility index (Phi) is 3.52. The highest BCUT2D eigenvalue weighted by Crippen LogP contribution is 2.37. The molecule has 1 aromatic rings. The minimum absolute atomic E-state index is 0.120. The Bertz CT molecular complexity index is 401. The van der Waals surface area contributed by atoms with E-state index in [0.717, 1.165) is 37.7 Å². The number of ether oxygens (including phenoxy) is 1. The van der Waals surface area contributed by atoms with Crippen LogP contribution in [-0.4, -0.2) is 35.5 Å². The first kappa shape index (κ1) is 12.4. The van der Waals surface area contributed by atoms with Gasteiger partial charge in [-0.15, -0.1) is 10.2 Å². The number of rotatable bonds is 3. The molecule has 0 radical (unpaired) electrons. The molecule has 0 atom stereocenters. The molecular weight excluding hydrogens is 246 g/mol. The van der Waals surface area contributed by atoms with E-state index in [2.05, 4.69) is 22.0 Å². The van der Waals surface area contributed by atoms with Crippen molar-refractivity contribution < 1.29 is 4.74 Å². The molecule has 1 aliphatic heterocycles. The first-order valence-electron chi connectivity index (χ1n) is 7.03. The standard InChI is InChI=1S/C13H21N3OS/c1-2-5-11-14-15-12(18-11)16-8-9-17-13(10-16)6-3-4-7-13/h2-10H2,1H3. The first-order chi connectivity index (χ1) is 8.81. The predicted molar refractivity (Wildman–Crippen MR) is 73.3 cm³/mol. The summed E-state index contributed by atoms with van der Waals surface area (Å²) in [6, 6.07) is 0. The summed E-state index contributed by atoms with van der Waals surface area (Å²) in [4.78, 5) is 2.38. The van der Waals surface area contributed by atoms with Crippen LogP contribution >= 0.6 is 11.3 Å². The Morgan fingerprint density at radius 2 is 2.17 bits per heavy atom. The van der Waals surface area contributed by atoms with Gasteiger partial charge in [0.05, 0.1) is 12.2 Å². The molecule has 2 heterocycles. The van der Waals surface area contributed by atoms with Crippen LogP contribution in [0.15, 0.2) is 0 Å². The van der Waals surface area contributed by atoms with Crippen molar-refractivity contribution in [3.8, 4) is 0 Å². The summed E-state index contributed by atoms with van der Waals surface area (Å²) >= 11 is 1.75. The Morgan fingerprint density at radius 3 is 2.94 bits per heavy atom. The molecule has 1 aromatic heterocycles. The minimum Gasteiger partial charge on any atom is -0.371 e. The Labute approximate surface area is 112 Å². The van der Waals surface area contributed by atoms with E-state index in [9.17, 15) is 0 Å². The lowest BCUT2D eigenvalue weighted by Gasteiger charge is -2.40. The summed E-state index contributed by atoms with van der Waals surface area (Å²) in [5.74, 6) is 0. The number of hydrogen-bond acceptors (Lipinski definition) is 5. The fourth-order valence-corrected chi connectivity index (χ4v) is 3.98. The predicted octanol–water partition coefficient (Wildman–Crippen LogP) is 2.64. The normalized spacial score (nSPS) is 22.8. The van der Waals surface area contributed by atoms with Gasteiger partial charge >= 0.3 is 0 Å². The number of anilines is 1. The molecule has 1 saturated carbocycles. The molecule has 0 bridgehead atoms. The fourth-order valence-electron chi connectivity index (χ4n) is 3.02. The van der Waals surface area contributed by atoms with Crippen molar-refractivity contribution in [3.05, 3.63) is 5.01 Å². The molecule has 1 aliphatic carbocycles. The number of nitrogens with zero attached hydrogens (tertiary/aromatic N) is 3. The van der Waals surface area contributed by atoms with Crippen LogP contribution in [0, 0.1) is 0 Å². The van der Waals surface area contributed by atoms with Crippen LogP contribution in [0.4, 0.5) is 5.13 Å². The second-order valence-electron chi connectivity index (χ2n) is 5.39. The third-order valence-electron chi connectivity index (χ3n) is 3.95. The second-order valence-corrected chi connectivity index (χ2v) is 6.43. The van der Waals surface area contributed by atoms with Gasteiger partial charge < -0.3 is 9.64 Å². The zero-order valence-corrected chi connectivity index (χ0v) is 11.8. The lowest BCUT2D eigenvalue weighted by molar-refractivity contribution is -0.0501.